The van der Waals surface area contributed by atoms with Crippen molar-refractivity contribution in [3.63, 3.8) is 0 Å². The molecule has 0 aliphatic heterocycles. The molecule has 2 aromatic rings. The zero-order valence-corrected chi connectivity index (χ0v) is 12.3. The summed E-state index contributed by atoms with van der Waals surface area (Å²) in [6, 6.07) is 11.6. The van der Waals surface area contributed by atoms with Crippen molar-refractivity contribution in [2.75, 3.05) is 7.11 Å². The highest BCUT2D eigenvalue weighted by Gasteiger charge is 2.25. The molecule has 21 heavy (non-hydrogen) atoms. The SMILES string of the molecule is COC(=O)c1cc(C2CCCCC2)oc1-c1ccccc1. The summed E-state index contributed by atoms with van der Waals surface area (Å²) in [5.74, 6) is 1.65. The van der Waals surface area contributed by atoms with Crippen molar-refractivity contribution in [3.8, 4) is 11.3 Å². The lowest BCUT2D eigenvalue weighted by molar-refractivity contribution is 0.0601. The van der Waals surface area contributed by atoms with Crippen LogP contribution in [0.2, 0.25) is 0 Å². The quantitative estimate of drug-likeness (QED) is 0.761. The first-order chi connectivity index (χ1) is 10.3. The molecular weight excluding hydrogens is 264 g/mol. The van der Waals surface area contributed by atoms with Crippen LogP contribution >= 0.6 is 0 Å². The van der Waals surface area contributed by atoms with Gasteiger partial charge in [0, 0.05) is 11.5 Å². The van der Waals surface area contributed by atoms with Gasteiger partial charge < -0.3 is 9.15 Å². The third-order valence-corrected chi connectivity index (χ3v) is 4.20. The van der Waals surface area contributed by atoms with Crippen LogP contribution in [0.3, 0.4) is 0 Å². The van der Waals surface area contributed by atoms with Crippen molar-refractivity contribution in [2.24, 2.45) is 0 Å². The third kappa shape index (κ3) is 2.87. The Hall–Kier alpha value is -2.03. The normalized spacial score (nSPS) is 15.9. The van der Waals surface area contributed by atoms with Crippen LogP contribution in [0.4, 0.5) is 0 Å². The van der Waals surface area contributed by atoms with E-state index in [9.17, 15) is 4.79 Å². The highest BCUT2D eigenvalue weighted by atomic mass is 16.5. The summed E-state index contributed by atoms with van der Waals surface area (Å²) in [6.07, 6.45) is 6.05. The van der Waals surface area contributed by atoms with E-state index in [2.05, 4.69) is 0 Å². The van der Waals surface area contributed by atoms with Crippen LogP contribution in [0.5, 0.6) is 0 Å². The van der Waals surface area contributed by atoms with Crippen LogP contribution in [0, 0.1) is 0 Å². The second-order valence-electron chi connectivity index (χ2n) is 5.58. The molecule has 1 aliphatic rings. The molecule has 1 saturated carbocycles. The number of methoxy groups -OCH3 is 1. The molecule has 1 aromatic carbocycles. The average molecular weight is 284 g/mol. The fourth-order valence-corrected chi connectivity index (χ4v) is 3.06. The fraction of sp³-hybridized carbons (Fsp3) is 0.389. The molecule has 110 valence electrons. The van der Waals surface area contributed by atoms with E-state index in [1.165, 1.54) is 26.4 Å². The maximum absolute atomic E-state index is 12.0. The van der Waals surface area contributed by atoms with Crippen LogP contribution in [-0.2, 0) is 4.74 Å². The Morgan fingerprint density at radius 1 is 1.14 bits per heavy atom. The van der Waals surface area contributed by atoms with Gasteiger partial charge in [0.05, 0.1) is 7.11 Å². The number of carbonyl (C=O) groups excluding carboxylic acids is 1. The van der Waals surface area contributed by atoms with Crippen LogP contribution in [0.15, 0.2) is 40.8 Å². The van der Waals surface area contributed by atoms with Crippen LogP contribution in [-0.4, -0.2) is 13.1 Å². The molecule has 0 saturated heterocycles. The molecule has 0 spiro atoms. The Morgan fingerprint density at radius 3 is 2.52 bits per heavy atom. The summed E-state index contributed by atoms with van der Waals surface area (Å²) in [5, 5.41) is 0. The van der Waals surface area contributed by atoms with Gasteiger partial charge in [0.1, 0.15) is 17.1 Å². The monoisotopic (exact) mass is 284 g/mol. The fourth-order valence-electron chi connectivity index (χ4n) is 3.06. The van der Waals surface area contributed by atoms with E-state index >= 15 is 0 Å². The standard InChI is InChI=1S/C18H20O3/c1-20-18(19)15-12-16(13-8-4-2-5-9-13)21-17(15)14-10-6-3-7-11-14/h3,6-7,10-13H,2,4-5,8-9H2,1H3. The van der Waals surface area contributed by atoms with Crippen LogP contribution in [0.25, 0.3) is 11.3 Å². The maximum atomic E-state index is 12.0. The molecule has 0 atom stereocenters. The topological polar surface area (TPSA) is 39.4 Å². The molecule has 0 bridgehead atoms. The van der Waals surface area contributed by atoms with Gasteiger partial charge in [-0.3, -0.25) is 0 Å². The second-order valence-corrected chi connectivity index (χ2v) is 5.58. The molecule has 3 heteroatoms. The molecule has 0 amide bonds. The summed E-state index contributed by atoms with van der Waals surface area (Å²) < 4.78 is 11.0. The number of ether oxygens (including phenoxy) is 1. The highest BCUT2D eigenvalue weighted by Crippen LogP contribution is 2.37. The Labute approximate surface area is 124 Å². The molecule has 1 aromatic heterocycles. The summed E-state index contributed by atoms with van der Waals surface area (Å²) in [6.45, 7) is 0. The van der Waals surface area contributed by atoms with Crippen molar-refractivity contribution >= 4 is 5.97 Å². The van der Waals surface area contributed by atoms with Gasteiger partial charge in [-0.2, -0.15) is 0 Å². The van der Waals surface area contributed by atoms with Gasteiger partial charge in [-0.25, -0.2) is 4.79 Å². The molecule has 1 fully saturated rings. The predicted octanol–water partition coefficient (Wildman–Crippen LogP) is 4.78. The van der Waals surface area contributed by atoms with Crippen molar-refractivity contribution in [1.29, 1.82) is 0 Å². The van der Waals surface area contributed by atoms with E-state index in [1.807, 2.05) is 36.4 Å². The first kappa shape index (κ1) is 13.9. The zero-order valence-electron chi connectivity index (χ0n) is 12.3. The molecular formula is C18H20O3. The summed E-state index contributed by atoms with van der Waals surface area (Å²) in [4.78, 5) is 12.0. The summed E-state index contributed by atoms with van der Waals surface area (Å²) >= 11 is 0. The van der Waals surface area contributed by atoms with E-state index in [1.54, 1.807) is 0 Å². The van der Waals surface area contributed by atoms with Gasteiger partial charge in [-0.15, -0.1) is 0 Å². The number of hydrogen-bond donors (Lipinski definition) is 0. The predicted molar refractivity (Wildman–Crippen MR) is 81.3 cm³/mol. The molecule has 3 nitrogen and oxygen atoms in total. The largest absolute Gasteiger partial charge is 0.465 e. The minimum absolute atomic E-state index is 0.334. The van der Waals surface area contributed by atoms with E-state index < -0.39 is 0 Å². The molecule has 0 unspecified atom stereocenters. The first-order valence-electron chi connectivity index (χ1n) is 7.57. The third-order valence-electron chi connectivity index (χ3n) is 4.20. The lowest BCUT2D eigenvalue weighted by Gasteiger charge is -2.19. The summed E-state index contributed by atoms with van der Waals surface area (Å²) in [7, 11) is 1.41. The Balaban J connectivity index is 2.01. The lowest BCUT2D eigenvalue weighted by atomic mass is 9.87. The van der Waals surface area contributed by atoms with Gasteiger partial charge in [0.25, 0.3) is 0 Å². The number of carbonyl (C=O) groups is 1. The maximum Gasteiger partial charge on any atom is 0.341 e. The van der Waals surface area contributed by atoms with E-state index in [4.69, 9.17) is 9.15 Å². The van der Waals surface area contributed by atoms with Crippen molar-refractivity contribution < 1.29 is 13.9 Å². The van der Waals surface area contributed by atoms with Crippen molar-refractivity contribution in [2.45, 2.75) is 38.0 Å². The molecule has 0 radical (unpaired) electrons. The van der Waals surface area contributed by atoms with E-state index in [-0.39, 0.29) is 5.97 Å². The molecule has 1 heterocycles. The van der Waals surface area contributed by atoms with Gasteiger partial charge in [-0.05, 0) is 18.9 Å². The summed E-state index contributed by atoms with van der Waals surface area (Å²) in [5.41, 5.74) is 1.45. The minimum Gasteiger partial charge on any atom is -0.465 e. The van der Waals surface area contributed by atoms with Crippen LogP contribution < -0.4 is 0 Å². The van der Waals surface area contributed by atoms with Crippen LogP contribution in [0.1, 0.15) is 54.1 Å². The number of furan rings is 1. The minimum atomic E-state index is -0.334. The Kier molecular flexibility index (Phi) is 4.09. The van der Waals surface area contributed by atoms with Gasteiger partial charge in [0.15, 0.2) is 0 Å². The average Bonchev–Trinajstić information content (AvgIpc) is 3.01. The number of benzene rings is 1. The van der Waals surface area contributed by atoms with E-state index in [0.717, 1.165) is 24.2 Å². The first-order valence-corrected chi connectivity index (χ1v) is 7.57. The molecule has 3 rings (SSSR count). The van der Waals surface area contributed by atoms with Gasteiger partial charge in [-0.1, -0.05) is 49.6 Å². The highest BCUT2D eigenvalue weighted by molar-refractivity contribution is 5.96. The van der Waals surface area contributed by atoms with Crippen molar-refractivity contribution in [1.82, 2.24) is 0 Å². The smallest absolute Gasteiger partial charge is 0.341 e. The van der Waals surface area contributed by atoms with Crippen molar-refractivity contribution in [3.05, 3.63) is 47.7 Å². The number of rotatable bonds is 3. The molecule has 0 N–H and O–H groups in total. The second kappa shape index (κ2) is 6.17. The lowest BCUT2D eigenvalue weighted by Crippen LogP contribution is -2.03. The zero-order chi connectivity index (χ0) is 14.7. The number of hydrogen-bond acceptors (Lipinski definition) is 3. The molecule has 1 aliphatic carbocycles. The van der Waals surface area contributed by atoms with Gasteiger partial charge >= 0.3 is 5.97 Å². The number of esters is 1. The van der Waals surface area contributed by atoms with Gasteiger partial charge in [0.2, 0.25) is 0 Å². The van der Waals surface area contributed by atoms with E-state index in [0.29, 0.717) is 17.2 Å². The Morgan fingerprint density at radius 2 is 1.86 bits per heavy atom. The Bertz CT molecular complexity index is 607.